The van der Waals surface area contributed by atoms with Crippen molar-refractivity contribution in [2.24, 2.45) is 7.05 Å². The molecule has 0 bridgehead atoms. The Labute approximate surface area is 83.0 Å². The molecule has 5 heteroatoms. The second-order valence-corrected chi connectivity index (χ2v) is 3.64. The number of hydrogen-bond acceptors (Lipinski definition) is 3. The molecule has 0 atom stereocenters. The zero-order valence-corrected chi connectivity index (χ0v) is 8.56. The Morgan fingerprint density at radius 3 is 2.36 bits per heavy atom. The SMILES string of the molecule is CC(C)c1cc(B(O)O)cc(=O)n1C. The maximum absolute atomic E-state index is 11.4. The summed E-state index contributed by atoms with van der Waals surface area (Å²) in [4.78, 5) is 11.4. The van der Waals surface area contributed by atoms with Gasteiger partial charge in [0.1, 0.15) is 0 Å². The van der Waals surface area contributed by atoms with Crippen LogP contribution in [0.4, 0.5) is 0 Å². The lowest BCUT2D eigenvalue weighted by Gasteiger charge is -2.12. The highest BCUT2D eigenvalue weighted by Crippen LogP contribution is 2.09. The van der Waals surface area contributed by atoms with Crippen molar-refractivity contribution < 1.29 is 10.0 Å². The predicted octanol–water partition coefficient (Wildman–Crippen LogP) is -0.812. The van der Waals surface area contributed by atoms with E-state index in [-0.39, 0.29) is 16.9 Å². The van der Waals surface area contributed by atoms with Crippen molar-refractivity contribution in [3.05, 3.63) is 28.2 Å². The topological polar surface area (TPSA) is 62.5 Å². The van der Waals surface area contributed by atoms with Crippen LogP contribution < -0.4 is 11.0 Å². The molecule has 0 aliphatic carbocycles. The van der Waals surface area contributed by atoms with E-state index in [1.807, 2.05) is 13.8 Å². The van der Waals surface area contributed by atoms with Gasteiger partial charge in [-0.25, -0.2) is 0 Å². The first kappa shape index (κ1) is 11.0. The largest absolute Gasteiger partial charge is 0.488 e. The Morgan fingerprint density at radius 2 is 1.93 bits per heavy atom. The van der Waals surface area contributed by atoms with Gasteiger partial charge in [-0.05, 0) is 17.4 Å². The smallest absolute Gasteiger partial charge is 0.423 e. The van der Waals surface area contributed by atoms with Crippen LogP contribution in [-0.4, -0.2) is 21.7 Å². The lowest BCUT2D eigenvalue weighted by molar-refractivity contribution is 0.425. The molecular weight excluding hydrogens is 181 g/mol. The van der Waals surface area contributed by atoms with Gasteiger partial charge in [-0.15, -0.1) is 0 Å². The Morgan fingerprint density at radius 1 is 1.36 bits per heavy atom. The van der Waals surface area contributed by atoms with Crippen molar-refractivity contribution in [1.82, 2.24) is 4.57 Å². The summed E-state index contributed by atoms with van der Waals surface area (Å²) in [6.45, 7) is 3.89. The quantitative estimate of drug-likeness (QED) is 0.606. The predicted molar refractivity (Wildman–Crippen MR) is 55.6 cm³/mol. The molecule has 0 spiro atoms. The molecule has 0 aromatic carbocycles. The maximum atomic E-state index is 11.4. The second kappa shape index (κ2) is 3.98. The van der Waals surface area contributed by atoms with Gasteiger partial charge in [0.05, 0.1) is 0 Å². The average molecular weight is 195 g/mol. The van der Waals surface area contributed by atoms with Gasteiger partial charge < -0.3 is 14.6 Å². The summed E-state index contributed by atoms with van der Waals surface area (Å²) < 4.78 is 1.51. The van der Waals surface area contributed by atoms with E-state index in [0.717, 1.165) is 5.69 Å². The van der Waals surface area contributed by atoms with Gasteiger partial charge in [0.25, 0.3) is 0 Å². The van der Waals surface area contributed by atoms with Crippen LogP contribution in [0.3, 0.4) is 0 Å². The monoisotopic (exact) mass is 195 g/mol. The molecule has 1 aromatic heterocycles. The van der Waals surface area contributed by atoms with E-state index in [0.29, 0.717) is 0 Å². The van der Waals surface area contributed by atoms with Crippen molar-refractivity contribution in [3.63, 3.8) is 0 Å². The van der Waals surface area contributed by atoms with Crippen LogP contribution in [0.1, 0.15) is 25.5 Å². The molecule has 4 nitrogen and oxygen atoms in total. The number of hydrogen-bond donors (Lipinski definition) is 2. The van der Waals surface area contributed by atoms with Gasteiger partial charge in [-0.3, -0.25) is 4.79 Å². The zero-order valence-electron chi connectivity index (χ0n) is 8.56. The molecule has 0 fully saturated rings. The summed E-state index contributed by atoms with van der Waals surface area (Å²) in [6, 6.07) is 2.87. The fourth-order valence-electron chi connectivity index (χ4n) is 1.38. The second-order valence-electron chi connectivity index (χ2n) is 3.64. The highest BCUT2D eigenvalue weighted by molar-refractivity contribution is 6.58. The van der Waals surface area contributed by atoms with Crippen LogP contribution >= 0.6 is 0 Å². The molecule has 0 saturated carbocycles. The first-order valence-corrected chi connectivity index (χ1v) is 4.50. The third-order valence-corrected chi connectivity index (χ3v) is 2.21. The summed E-state index contributed by atoms with van der Waals surface area (Å²) in [5, 5.41) is 17.9. The minimum Gasteiger partial charge on any atom is -0.423 e. The normalized spacial score (nSPS) is 10.7. The van der Waals surface area contributed by atoms with Crippen molar-refractivity contribution in [2.75, 3.05) is 0 Å². The van der Waals surface area contributed by atoms with Crippen LogP contribution in [0.2, 0.25) is 0 Å². The number of nitrogens with zero attached hydrogens (tertiary/aromatic N) is 1. The van der Waals surface area contributed by atoms with Crippen LogP contribution in [0.5, 0.6) is 0 Å². The van der Waals surface area contributed by atoms with E-state index in [4.69, 9.17) is 10.0 Å². The summed E-state index contributed by atoms with van der Waals surface area (Å²) in [7, 11) is 0.0898. The fraction of sp³-hybridized carbons (Fsp3) is 0.444. The summed E-state index contributed by atoms with van der Waals surface area (Å²) in [5.41, 5.74) is 0.816. The molecule has 0 aliphatic heterocycles. The molecule has 14 heavy (non-hydrogen) atoms. The van der Waals surface area contributed by atoms with E-state index < -0.39 is 7.12 Å². The maximum Gasteiger partial charge on any atom is 0.488 e. The van der Waals surface area contributed by atoms with Crippen molar-refractivity contribution >= 4 is 12.6 Å². The summed E-state index contributed by atoms with van der Waals surface area (Å²) in [5.74, 6) is 0.173. The number of aromatic nitrogens is 1. The third kappa shape index (κ3) is 2.05. The molecular formula is C9H14BNO3. The molecule has 0 amide bonds. The Kier molecular flexibility index (Phi) is 3.13. The van der Waals surface area contributed by atoms with Crippen LogP contribution in [0.25, 0.3) is 0 Å². The first-order chi connectivity index (χ1) is 6.43. The lowest BCUT2D eigenvalue weighted by Crippen LogP contribution is -2.36. The first-order valence-electron chi connectivity index (χ1n) is 4.50. The molecule has 2 N–H and O–H groups in total. The van der Waals surface area contributed by atoms with E-state index in [2.05, 4.69) is 0 Å². The lowest BCUT2D eigenvalue weighted by atomic mass is 9.80. The Balaban J connectivity index is 3.36. The number of pyridine rings is 1. The summed E-state index contributed by atoms with van der Waals surface area (Å²) >= 11 is 0. The minimum absolute atomic E-state index is 0.173. The van der Waals surface area contributed by atoms with E-state index in [1.165, 1.54) is 10.6 Å². The fourth-order valence-corrected chi connectivity index (χ4v) is 1.38. The summed E-state index contributed by atoms with van der Waals surface area (Å²) in [6.07, 6.45) is 0. The van der Waals surface area contributed by atoms with Crippen molar-refractivity contribution in [2.45, 2.75) is 19.8 Å². The van der Waals surface area contributed by atoms with Crippen molar-refractivity contribution in [1.29, 1.82) is 0 Å². The molecule has 1 aromatic rings. The van der Waals surface area contributed by atoms with Gasteiger partial charge in [0.15, 0.2) is 0 Å². The van der Waals surface area contributed by atoms with E-state index in [9.17, 15) is 4.79 Å². The van der Waals surface area contributed by atoms with Crippen LogP contribution in [0, 0.1) is 0 Å². The molecule has 76 valence electrons. The van der Waals surface area contributed by atoms with Crippen LogP contribution in [-0.2, 0) is 7.05 Å². The molecule has 0 saturated heterocycles. The average Bonchev–Trinajstić information content (AvgIpc) is 2.08. The standard InChI is InChI=1S/C9H14BNO3/c1-6(2)8-4-7(10(13)14)5-9(12)11(8)3/h4-6,13-14H,1-3H3. The van der Waals surface area contributed by atoms with E-state index in [1.54, 1.807) is 13.1 Å². The van der Waals surface area contributed by atoms with Gasteiger partial charge in [0, 0.05) is 18.8 Å². The van der Waals surface area contributed by atoms with Gasteiger partial charge >= 0.3 is 7.12 Å². The molecule has 0 aliphatic rings. The van der Waals surface area contributed by atoms with E-state index >= 15 is 0 Å². The highest BCUT2D eigenvalue weighted by Gasteiger charge is 2.15. The van der Waals surface area contributed by atoms with Gasteiger partial charge in [-0.2, -0.15) is 0 Å². The molecule has 1 heterocycles. The third-order valence-electron chi connectivity index (χ3n) is 2.21. The number of rotatable bonds is 2. The molecule has 0 radical (unpaired) electrons. The Bertz CT molecular complexity index is 384. The van der Waals surface area contributed by atoms with Crippen molar-refractivity contribution in [3.8, 4) is 0 Å². The molecule has 1 rings (SSSR count). The van der Waals surface area contributed by atoms with Crippen LogP contribution in [0.15, 0.2) is 16.9 Å². The Hall–Kier alpha value is -1.07. The minimum atomic E-state index is -1.58. The molecule has 0 unspecified atom stereocenters. The van der Waals surface area contributed by atoms with Gasteiger partial charge in [0.2, 0.25) is 5.56 Å². The van der Waals surface area contributed by atoms with Gasteiger partial charge in [-0.1, -0.05) is 13.8 Å². The zero-order chi connectivity index (χ0) is 10.9. The highest BCUT2D eigenvalue weighted by atomic mass is 16.4.